The molecule has 1 aliphatic heterocycles. The first-order chi connectivity index (χ1) is 10.0. The summed E-state index contributed by atoms with van der Waals surface area (Å²) in [5.74, 6) is 0.0216. The summed E-state index contributed by atoms with van der Waals surface area (Å²) in [7, 11) is 0. The number of hydrogen-bond donors (Lipinski definition) is 1. The van der Waals surface area contributed by atoms with Crippen LogP contribution in [0.15, 0.2) is 40.9 Å². The van der Waals surface area contributed by atoms with Gasteiger partial charge >= 0.3 is 0 Å². The lowest BCUT2D eigenvalue weighted by Crippen LogP contribution is -2.19. The van der Waals surface area contributed by atoms with E-state index in [-0.39, 0.29) is 11.7 Å². The minimum atomic E-state index is -0.00900. The Morgan fingerprint density at radius 2 is 1.95 bits per heavy atom. The number of anilines is 1. The zero-order chi connectivity index (χ0) is 15.0. The van der Waals surface area contributed by atoms with E-state index in [2.05, 4.69) is 21.2 Å². The van der Waals surface area contributed by atoms with Crippen LogP contribution in [0.25, 0.3) is 0 Å². The Bertz CT molecular complexity index is 752. The molecule has 0 fully saturated rings. The van der Waals surface area contributed by atoms with Crippen LogP contribution < -0.4 is 5.32 Å². The molecule has 2 aromatic carbocycles. The van der Waals surface area contributed by atoms with E-state index < -0.39 is 0 Å². The molecule has 4 heteroatoms. The van der Waals surface area contributed by atoms with Crippen molar-refractivity contribution >= 4 is 33.3 Å². The molecule has 21 heavy (non-hydrogen) atoms. The van der Waals surface area contributed by atoms with Crippen molar-refractivity contribution in [2.75, 3.05) is 5.32 Å². The summed E-state index contributed by atoms with van der Waals surface area (Å²) in [6.07, 6.45) is 1.15. The predicted octanol–water partition coefficient (Wildman–Crippen LogP) is 3.87. The molecular weight excluding hydrogens is 330 g/mol. The van der Waals surface area contributed by atoms with E-state index in [1.165, 1.54) is 0 Å². The first kappa shape index (κ1) is 14.0. The van der Waals surface area contributed by atoms with Crippen molar-refractivity contribution in [3.63, 3.8) is 0 Å². The fourth-order valence-electron chi connectivity index (χ4n) is 2.49. The van der Waals surface area contributed by atoms with Crippen molar-refractivity contribution in [2.45, 2.75) is 19.8 Å². The molecule has 3 nitrogen and oxygen atoms in total. The molecule has 3 rings (SSSR count). The van der Waals surface area contributed by atoms with Crippen molar-refractivity contribution in [2.24, 2.45) is 0 Å². The van der Waals surface area contributed by atoms with Gasteiger partial charge in [-0.15, -0.1) is 0 Å². The number of hydrogen-bond acceptors (Lipinski definition) is 2. The molecule has 1 heterocycles. The average Bonchev–Trinajstić information content (AvgIpc) is 2.48. The van der Waals surface area contributed by atoms with Gasteiger partial charge in [0.1, 0.15) is 0 Å². The number of ketones is 1. The van der Waals surface area contributed by atoms with E-state index in [1.54, 1.807) is 6.07 Å². The average molecular weight is 344 g/mol. The maximum Gasteiger partial charge on any atom is 0.224 e. The van der Waals surface area contributed by atoms with Crippen LogP contribution in [-0.2, 0) is 11.2 Å². The molecule has 1 aliphatic rings. The summed E-state index contributed by atoms with van der Waals surface area (Å²) < 4.78 is 0.795. The zero-order valence-electron chi connectivity index (χ0n) is 11.6. The molecule has 0 spiro atoms. The minimum absolute atomic E-state index is 0.00900. The van der Waals surface area contributed by atoms with Crippen molar-refractivity contribution in [1.29, 1.82) is 0 Å². The van der Waals surface area contributed by atoms with Gasteiger partial charge in [-0.05, 0) is 49.2 Å². The Labute approximate surface area is 131 Å². The first-order valence-electron chi connectivity index (χ1n) is 6.78. The van der Waals surface area contributed by atoms with Gasteiger partial charge in [0.2, 0.25) is 5.91 Å². The monoisotopic (exact) mass is 343 g/mol. The largest absolute Gasteiger partial charge is 0.326 e. The van der Waals surface area contributed by atoms with E-state index in [0.717, 1.165) is 21.3 Å². The Morgan fingerprint density at radius 3 is 2.76 bits per heavy atom. The summed E-state index contributed by atoms with van der Waals surface area (Å²) in [5.41, 5.74) is 4.19. The summed E-state index contributed by atoms with van der Waals surface area (Å²) in [4.78, 5) is 24.0. The van der Waals surface area contributed by atoms with Crippen LogP contribution in [0.1, 0.15) is 33.5 Å². The summed E-state index contributed by atoms with van der Waals surface area (Å²) in [6.45, 7) is 1.96. The van der Waals surface area contributed by atoms with Gasteiger partial charge in [-0.3, -0.25) is 9.59 Å². The van der Waals surface area contributed by atoms with Crippen LogP contribution in [0.3, 0.4) is 0 Å². The van der Waals surface area contributed by atoms with Crippen molar-refractivity contribution in [1.82, 2.24) is 0 Å². The molecule has 0 radical (unpaired) electrons. The van der Waals surface area contributed by atoms with Crippen LogP contribution in [0.4, 0.5) is 5.69 Å². The molecule has 1 amide bonds. The number of carbonyl (C=O) groups is 2. The fourth-order valence-corrected chi connectivity index (χ4v) is 2.92. The van der Waals surface area contributed by atoms with Crippen molar-refractivity contribution in [3.05, 3.63) is 63.1 Å². The number of rotatable bonds is 2. The lowest BCUT2D eigenvalue weighted by Gasteiger charge is -2.17. The molecule has 1 N–H and O–H groups in total. The minimum Gasteiger partial charge on any atom is -0.326 e. The number of aryl methyl sites for hydroxylation is 2. The topological polar surface area (TPSA) is 46.2 Å². The fraction of sp³-hybridized carbons (Fsp3) is 0.176. The second-order valence-electron chi connectivity index (χ2n) is 5.23. The second kappa shape index (κ2) is 5.45. The standard InChI is InChI=1S/C17H14BrNO2/c1-10-2-5-14(18)13(8-10)17(21)12-3-6-15-11(9-12)4-7-16(20)19-15/h2-3,5-6,8-9H,4,7H2,1H3,(H,19,20). The third-order valence-electron chi connectivity index (χ3n) is 3.63. The normalized spacial score (nSPS) is 13.5. The predicted molar refractivity (Wildman–Crippen MR) is 85.7 cm³/mol. The first-order valence-corrected chi connectivity index (χ1v) is 7.57. The summed E-state index contributed by atoms with van der Waals surface area (Å²) >= 11 is 3.43. The molecule has 0 saturated carbocycles. The molecule has 2 aromatic rings. The van der Waals surface area contributed by atoms with Gasteiger partial charge in [-0.25, -0.2) is 0 Å². The maximum atomic E-state index is 12.7. The van der Waals surface area contributed by atoms with Crippen molar-refractivity contribution < 1.29 is 9.59 Å². The van der Waals surface area contributed by atoms with Crippen LogP contribution in [-0.4, -0.2) is 11.7 Å². The van der Waals surface area contributed by atoms with E-state index in [4.69, 9.17) is 0 Å². The highest BCUT2D eigenvalue weighted by Gasteiger charge is 2.18. The molecular formula is C17H14BrNO2. The van der Waals surface area contributed by atoms with Gasteiger partial charge in [-0.1, -0.05) is 27.6 Å². The lowest BCUT2D eigenvalue weighted by molar-refractivity contribution is -0.116. The Kier molecular flexibility index (Phi) is 3.64. The molecule has 0 unspecified atom stereocenters. The molecule has 0 atom stereocenters. The Morgan fingerprint density at radius 1 is 1.14 bits per heavy atom. The third-order valence-corrected chi connectivity index (χ3v) is 4.32. The number of carbonyl (C=O) groups excluding carboxylic acids is 2. The SMILES string of the molecule is Cc1ccc(Br)c(C(=O)c2ccc3c(c2)CCC(=O)N3)c1. The molecule has 0 aliphatic carbocycles. The van der Waals surface area contributed by atoms with Gasteiger partial charge in [0.25, 0.3) is 0 Å². The highest BCUT2D eigenvalue weighted by molar-refractivity contribution is 9.10. The highest BCUT2D eigenvalue weighted by atomic mass is 79.9. The van der Waals surface area contributed by atoms with E-state index in [9.17, 15) is 9.59 Å². The zero-order valence-corrected chi connectivity index (χ0v) is 13.2. The number of benzene rings is 2. The van der Waals surface area contributed by atoms with Gasteiger partial charge in [0.05, 0.1) is 0 Å². The van der Waals surface area contributed by atoms with E-state index >= 15 is 0 Å². The van der Waals surface area contributed by atoms with Gasteiger partial charge in [-0.2, -0.15) is 0 Å². The number of nitrogens with one attached hydrogen (secondary N) is 1. The van der Waals surface area contributed by atoms with Crippen LogP contribution in [0.5, 0.6) is 0 Å². The van der Waals surface area contributed by atoms with Gasteiger partial charge in [0, 0.05) is 27.7 Å². The van der Waals surface area contributed by atoms with E-state index in [0.29, 0.717) is 24.0 Å². The second-order valence-corrected chi connectivity index (χ2v) is 6.09. The van der Waals surface area contributed by atoms with Crippen LogP contribution in [0, 0.1) is 6.92 Å². The van der Waals surface area contributed by atoms with Crippen molar-refractivity contribution in [3.8, 4) is 0 Å². The summed E-state index contributed by atoms with van der Waals surface area (Å²) in [5, 5.41) is 2.83. The van der Waals surface area contributed by atoms with E-state index in [1.807, 2.05) is 37.3 Å². The molecule has 0 aromatic heterocycles. The Hall–Kier alpha value is -1.94. The molecule has 106 valence electrons. The molecule has 0 bridgehead atoms. The van der Waals surface area contributed by atoms with Crippen LogP contribution in [0.2, 0.25) is 0 Å². The van der Waals surface area contributed by atoms with Gasteiger partial charge in [0.15, 0.2) is 5.78 Å². The quantitative estimate of drug-likeness (QED) is 0.841. The summed E-state index contributed by atoms with van der Waals surface area (Å²) in [6, 6.07) is 11.2. The lowest BCUT2D eigenvalue weighted by atomic mass is 9.96. The number of halogens is 1. The van der Waals surface area contributed by atoms with Gasteiger partial charge < -0.3 is 5.32 Å². The Balaban J connectivity index is 1.99. The maximum absolute atomic E-state index is 12.7. The molecule has 0 saturated heterocycles. The van der Waals surface area contributed by atoms with Crippen LogP contribution >= 0.6 is 15.9 Å². The smallest absolute Gasteiger partial charge is 0.224 e. The number of fused-ring (bicyclic) bond motifs is 1. The number of amides is 1. The third kappa shape index (κ3) is 2.76. The highest BCUT2D eigenvalue weighted by Crippen LogP contribution is 2.26.